The van der Waals surface area contributed by atoms with E-state index in [2.05, 4.69) is 25.1 Å². The molecular formula is C12H18ClNOSn. The molecule has 0 aliphatic rings. The summed E-state index contributed by atoms with van der Waals surface area (Å²) in [7, 11) is 5.69. The Hall–Kier alpha value is 0.229. The van der Waals surface area contributed by atoms with Gasteiger partial charge in [-0.2, -0.15) is 0 Å². The van der Waals surface area contributed by atoms with Crippen molar-refractivity contribution in [2.75, 3.05) is 0 Å². The first kappa shape index (κ1) is 14.3. The van der Waals surface area contributed by atoms with E-state index in [9.17, 15) is 0 Å². The number of hydrogen-bond donors (Lipinski definition) is 1. The second kappa shape index (κ2) is 7.53. The number of hydrogen-bond acceptors (Lipinski definition) is 2. The van der Waals surface area contributed by atoms with E-state index in [0.717, 1.165) is 12.8 Å². The van der Waals surface area contributed by atoms with Gasteiger partial charge in [0.1, 0.15) is 0 Å². The zero-order valence-electron chi connectivity index (χ0n) is 9.74. The van der Waals surface area contributed by atoms with Crippen LogP contribution in [0.5, 0.6) is 0 Å². The third-order valence-electron chi connectivity index (χ3n) is 2.61. The van der Waals surface area contributed by atoms with Crippen LogP contribution in [0.4, 0.5) is 0 Å². The molecule has 0 saturated heterocycles. The molecule has 1 aromatic carbocycles. The van der Waals surface area contributed by atoms with E-state index in [-0.39, 0.29) is 12.1 Å². The predicted molar refractivity (Wildman–Crippen MR) is 69.5 cm³/mol. The van der Waals surface area contributed by atoms with Gasteiger partial charge in [-0.3, -0.25) is 0 Å². The standard InChI is InChI=1S/C12H18NO.ClH.Sn/c1-9(14)7-8-11-5-3-4-6-12(11)10(2)13;;/h3-6,9-10H,7-8,13H2,1-2H3;1H;/q-1;;+2/p-1. The van der Waals surface area contributed by atoms with Gasteiger partial charge in [0, 0.05) is 0 Å². The first-order chi connectivity index (χ1) is 7.65. The van der Waals surface area contributed by atoms with Crippen LogP contribution in [-0.4, -0.2) is 26.5 Å². The normalized spacial score (nSPS) is 14.8. The molecule has 4 heteroatoms. The summed E-state index contributed by atoms with van der Waals surface area (Å²) in [5, 5.41) is 0. The average molecular weight is 346 g/mol. The van der Waals surface area contributed by atoms with Crippen LogP contribution in [0.2, 0.25) is 0 Å². The second-order valence-corrected chi connectivity index (χ2v) is 6.18. The van der Waals surface area contributed by atoms with Crippen LogP contribution in [0.3, 0.4) is 0 Å². The van der Waals surface area contributed by atoms with Crippen molar-refractivity contribution >= 4 is 29.4 Å². The molecule has 2 unspecified atom stereocenters. The van der Waals surface area contributed by atoms with Crippen molar-refractivity contribution < 1.29 is 3.07 Å². The van der Waals surface area contributed by atoms with E-state index in [4.69, 9.17) is 17.7 Å². The van der Waals surface area contributed by atoms with Gasteiger partial charge in [0.15, 0.2) is 0 Å². The number of nitrogens with two attached hydrogens (primary N) is 1. The Morgan fingerprint density at radius 2 is 2.06 bits per heavy atom. The molecule has 0 aliphatic heterocycles. The van der Waals surface area contributed by atoms with Crippen molar-refractivity contribution in [3.8, 4) is 0 Å². The molecular weight excluding hydrogens is 328 g/mol. The number of rotatable bonds is 6. The van der Waals surface area contributed by atoms with Crippen molar-refractivity contribution in [3.63, 3.8) is 0 Å². The number of benzene rings is 1. The van der Waals surface area contributed by atoms with Crippen LogP contribution >= 0.6 is 8.92 Å². The third kappa shape index (κ3) is 4.61. The minimum atomic E-state index is -1.05. The molecule has 1 aromatic rings. The molecule has 0 saturated carbocycles. The summed E-state index contributed by atoms with van der Waals surface area (Å²) in [6.07, 6.45) is 2.29. The van der Waals surface area contributed by atoms with Crippen LogP contribution in [0, 0.1) is 0 Å². The molecule has 0 aromatic heterocycles. The van der Waals surface area contributed by atoms with Gasteiger partial charge in [-0.05, 0) is 0 Å². The van der Waals surface area contributed by atoms with E-state index in [1.165, 1.54) is 11.1 Å². The van der Waals surface area contributed by atoms with Gasteiger partial charge in [-0.1, -0.05) is 0 Å². The van der Waals surface area contributed by atoms with Gasteiger partial charge in [-0.15, -0.1) is 0 Å². The SMILES string of the molecule is CC(CCc1ccccc1C(C)N)[O][Sn][Cl]. The molecule has 0 amide bonds. The predicted octanol–water partition coefficient (Wildman–Crippen LogP) is 2.82. The van der Waals surface area contributed by atoms with Gasteiger partial charge in [-0.25, -0.2) is 0 Å². The summed E-state index contributed by atoms with van der Waals surface area (Å²) in [5.74, 6) is 0. The van der Waals surface area contributed by atoms with E-state index in [0.29, 0.717) is 0 Å². The van der Waals surface area contributed by atoms with E-state index >= 15 is 0 Å². The van der Waals surface area contributed by atoms with E-state index in [1.807, 2.05) is 13.0 Å². The quantitative estimate of drug-likeness (QED) is 0.804. The summed E-state index contributed by atoms with van der Waals surface area (Å²) in [6.45, 7) is 4.10. The fraction of sp³-hybridized carbons (Fsp3) is 0.500. The molecule has 0 spiro atoms. The number of aryl methyl sites for hydroxylation is 1. The summed E-state index contributed by atoms with van der Waals surface area (Å²) < 4.78 is 5.47. The molecule has 2 N–H and O–H groups in total. The summed E-state index contributed by atoms with van der Waals surface area (Å²) >= 11 is -1.05. The number of halogens is 1. The molecule has 0 heterocycles. The van der Waals surface area contributed by atoms with Crippen molar-refractivity contribution in [1.82, 2.24) is 0 Å². The van der Waals surface area contributed by atoms with Crippen LogP contribution in [0.25, 0.3) is 0 Å². The Balaban J connectivity index is 2.59. The van der Waals surface area contributed by atoms with Crippen LogP contribution in [-0.2, 0) is 9.49 Å². The Labute approximate surface area is 112 Å². The summed E-state index contributed by atoms with van der Waals surface area (Å²) in [4.78, 5) is 0. The van der Waals surface area contributed by atoms with Gasteiger partial charge >= 0.3 is 112 Å². The molecule has 0 fully saturated rings. The van der Waals surface area contributed by atoms with Gasteiger partial charge in [0.25, 0.3) is 0 Å². The third-order valence-corrected chi connectivity index (χ3v) is 4.61. The fourth-order valence-corrected chi connectivity index (χ4v) is 3.49. The second-order valence-electron chi connectivity index (χ2n) is 4.03. The van der Waals surface area contributed by atoms with E-state index in [1.54, 1.807) is 0 Å². The maximum absolute atomic E-state index is 5.94. The van der Waals surface area contributed by atoms with Crippen molar-refractivity contribution in [3.05, 3.63) is 35.4 Å². The summed E-state index contributed by atoms with van der Waals surface area (Å²) in [5.41, 5.74) is 8.50. The zero-order valence-corrected chi connectivity index (χ0v) is 13.4. The monoisotopic (exact) mass is 347 g/mol. The van der Waals surface area contributed by atoms with Crippen molar-refractivity contribution in [2.24, 2.45) is 5.73 Å². The van der Waals surface area contributed by atoms with Crippen LogP contribution < -0.4 is 5.73 Å². The minimum absolute atomic E-state index is 0.0944. The van der Waals surface area contributed by atoms with Crippen molar-refractivity contribution in [1.29, 1.82) is 0 Å². The maximum atomic E-state index is 5.94. The molecule has 2 nitrogen and oxygen atoms in total. The fourth-order valence-electron chi connectivity index (χ4n) is 1.70. The Bertz CT molecular complexity index is 320. The van der Waals surface area contributed by atoms with Gasteiger partial charge < -0.3 is 0 Å². The Morgan fingerprint density at radius 1 is 1.38 bits per heavy atom. The molecule has 2 radical (unpaired) electrons. The topological polar surface area (TPSA) is 35.2 Å². The first-order valence-corrected chi connectivity index (χ1v) is 10.3. The molecule has 2 atom stereocenters. The van der Waals surface area contributed by atoms with Crippen LogP contribution in [0.1, 0.15) is 37.4 Å². The molecule has 16 heavy (non-hydrogen) atoms. The summed E-state index contributed by atoms with van der Waals surface area (Å²) in [6, 6.07) is 8.44. The zero-order chi connectivity index (χ0) is 12.0. The molecule has 0 bridgehead atoms. The molecule has 1 rings (SSSR count). The Morgan fingerprint density at radius 3 is 2.69 bits per heavy atom. The van der Waals surface area contributed by atoms with Crippen molar-refractivity contribution in [2.45, 2.75) is 38.8 Å². The first-order valence-electron chi connectivity index (χ1n) is 5.49. The average Bonchev–Trinajstić information content (AvgIpc) is 2.27. The Kier molecular flexibility index (Phi) is 6.73. The van der Waals surface area contributed by atoms with Gasteiger partial charge in [0.2, 0.25) is 0 Å². The van der Waals surface area contributed by atoms with E-state index < -0.39 is 20.4 Å². The van der Waals surface area contributed by atoms with Crippen LogP contribution in [0.15, 0.2) is 24.3 Å². The molecule has 0 aliphatic carbocycles. The molecule has 88 valence electrons. The van der Waals surface area contributed by atoms with Gasteiger partial charge in [0.05, 0.1) is 0 Å².